The molecule has 0 aliphatic rings. The minimum atomic E-state index is -1.07. The highest BCUT2D eigenvalue weighted by Gasteiger charge is 2.17. The molecule has 3 nitrogen and oxygen atoms in total. The monoisotopic (exact) mass is 221 g/mol. The Bertz CT molecular complexity index is 345. The van der Waals surface area contributed by atoms with E-state index in [4.69, 9.17) is 0 Å². The molecule has 1 aromatic rings. The van der Waals surface area contributed by atoms with Crippen LogP contribution in [-0.2, 0) is 4.79 Å². The van der Waals surface area contributed by atoms with Crippen molar-refractivity contribution in [3.8, 4) is 0 Å². The van der Waals surface area contributed by atoms with Crippen molar-refractivity contribution in [1.82, 2.24) is 5.32 Å². The maximum absolute atomic E-state index is 11.6. The van der Waals surface area contributed by atoms with Crippen LogP contribution in [0.4, 0.5) is 0 Å². The molecule has 1 rings (SSSR count). The lowest BCUT2D eigenvalue weighted by molar-refractivity contribution is -0.130. The zero-order chi connectivity index (χ0) is 12.1. The van der Waals surface area contributed by atoms with Gasteiger partial charge in [0.15, 0.2) is 6.10 Å². The third-order valence-electron chi connectivity index (χ3n) is 2.64. The SMILES string of the molecule is CCC(C)NC(=O)C(O)c1ccc(C)cc1. The van der Waals surface area contributed by atoms with E-state index < -0.39 is 6.10 Å². The molecule has 1 aromatic carbocycles. The first-order valence-electron chi connectivity index (χ1n) is 5.59. The van der Waals surface area contributed by atoms with E-state index in [-0.39, 0.29) is 11.9 Å². The molecule has 88 valence electrons. The van der Waals surface area contributed by atoms with E-state index in [1.54, 1.807) is 12.1 Å². The molecule has 0 heterocycles. The molecule has 0 bridgehead atoms. The summed E-state index contributed by atoms with van der Waals surface area (Å²) in [5.41, 5.74) is 1.74. The van der Waals surface area contributed by atoms with E-state index in [9.17, 15) is 9.90 Å². The largest absolute Gasteiger partial charge is 0.378 e. The van der Waals surface area contributed by atoms with Crippen LogP contribution in [0.25, 0.3) is 0 Å². The molecule has 0 spiro atoms. The topological polar surface area (TPSA) is 49.3 Å². The van der Waals surface area contributed by atoms with E-state index in [1.807, 2.05) is 32.9 Å². The van der Waals surface area contributed by atoms with Crippen LogP contribution in [0.1, 0.15) is 37.5 Å². The molecule has 2 atom stereocenters. The van der Waals surface area contributed by atoms with E-state index in [2.05, 4.69) is 5.32 Å². The quantitative estimate of drug-likeness (QED) is 0.816. The first kappa shape index (κ1) is 12.7. The number of rotatable bonds is 4. The van der Waals surface area contributed by atoms with Crippen LogP contribution in [0.5, 0.6) is 0 Å². The Morgan fingerprint density at radius 3 is 2.44 bits per heavy atom. The van der Waals surface area contributed by atoms with E-state index in [1.165, 1.54) is 0 Å². The van der Waals surface area contributed by atoms with E-state index >= 15 is 0 Å². The van der Waals surface area contributed by atoms with Crippen molar-refractivity contribution in [1.29, 1.82) is 0 Å². The maximum atomic E-state index is 11.6. The van der Waals surface area contributed by atoms with Crippen LogP contribution in [0.2, 0.25) is 0 Å². The average Bonchev–Trinajstić information content (AvgIpc) is 2.28. The Morgan fingerprint density at radius 2 is 1.94 bits per heavy atom. The highest BCUT2D eigenvalue weighted by atomic mass is 16.3. The predicted octanol–water partition coefficient (Wildman–Crippen LogP) is 1.94. The molecule has 0 radical (unpaired) electrons. The number of amides is 1. The van der Waals surface area contributed by atoms with Crippen LogP contribution in [-0.4, -0.2) is 17.1 Å². The summed E-state index contributed by atoms with van der Waals surface area (Å²) in [7, 11) is 0. The second-order valence-electron chi connectivity index (χ2n) is 4.13. The molecular weight excluding hydrogens is 202 g/mol. The molecule has 0 saturated heterocycles. The third-order valence-corrected chi connectivity index (χ3v) is 2.64. The Balaban J connectivity index is 2.66. The predicted molar refractivity (Wildman–Crippen MR) is 64.0 cm³/mol. The molecule has 3 heteroatoms. The van der Waals surface area contributed by atoms with Gasteiger partial charge in [-0.2, -0.15) is 0 Å². The number of nitrogens with one attached hydrogen (secondary N) is 1. The lowest BCUT2D eigenvalue weighted by atomic mass is 10.1. The number of hydrogen-bond acceptors (Lipinski definition) is 2. The number of aryl methyl sites for hydroxylation is 1. The first-order valence-corrected chi connectivity index (χ1v) is 5.59. The zero-order valence-electron chi connectivity index (χ0n) is 10.0. The van der Waals surface area contributed by atoms with Gasteiger partial charge in [0.25, 0.3) is 5.91 Å². The van der Waals surface area contributed by atoms with Crippen molar-refractivity contribution in [3.05, 3.63) is 35.4 Å². The second kappa shape index (κ2) is 5.66. The van der Waals surface area contributed by atoms with Gasteiger partial charge in [-0.15, -0.1) is 0 Å². The standard InChI is InChI=1S/C13H19NO2/c1-4-10(3)14-13(16)12(15)11-7-5-9(2)6-8-11/h5-8,10,12,15H,4H2,1-3H3,(H,14,16). The van der Waals surface area contributed by atoms with Gasteiger partial charge in [-0.3, -0.25) is 4.79 Å². The van der Waals surface area contributed by atoms with Gasteiger partial charge in [0.05, 0.1) is 0 Å². The summed E-state index contributed by atoms with van der Waals surface area (Å²) < 4.78 is 0. The van der Waals surface area contributed by atoms with E-state index in [0.29, 0.717) is 5.56 Å². The number of benzene rings is 1. The summed E-state index contributed by atoms with van der Waals surface area (Å²) in [6.07, 6.45) is -0.221. The van der Waals surface area contributed by atoms with Gasteiger partial charge >= 0.3 is 0 Å². The van der Waals surface area contributed by atoms with Crippen molar-refractivity contribution in [3.63, 3.8) is 0 Å². The fourth-order valence-electron chi connectivity index (χ4n) is 1.32. The van der Waals surface area contributed by atoms with E-state index in [0.717, 1.165) is 12.0 Å². The molecule has 16 heavy (non-hydrogen) atoms. The number of carbonyl (C=O) groups is 1. The van der Waals surface area contributed by atoms with Crippen LogP contribution in [0, 0.1) is 6.92 Å². The Morgan fingerprint density at radius 1 is 1.38 bits per heavy atom. The van der Waals surface area contributed by atoms with Gasteiger partial charge in [0, 0.05) is 6.04 Å². The van der Waals surface area contributed by atoms with Gasteiger partial charge < -0.3 is 10.4 Å². The summed E-state index contributed by atoms with van der Waals surface area (Å²) in [4.78, 5) is 11.6. The highest BCUT2D eigenvalue weighted by molar-refractivity contribution is 5.82. The maximum Gasteiger partial charge on any atom is 0.253 e. The molecule has 0 aromatic heterocycles. The fraction of sp³-hybridized carbons (Fsp3) is 0.462. The summed E-state index contributed by atoms with van der Waals surface area (Å²) in [5, 5.41) is 12.6. The molecule has 0 saturated carbocycles. The molecule has 2 unspecified atom stereocenters. The van der Waals surface area contributed by atoms with Crippen LogP contribution >= 0.6 is 0 Å². The molecule has 2 N–H and O–H groups in total. The Hall–Kier alpha value is -1.35. The van der Waals surface area contributed by atoms with Gasteiger partial charge in [-0.25, -0.2) is 0 Å². The van der Waals surface area contributed by atoms with Crippen molar-refractivity contribution in [2.24, 2.45) is 0 Å². The van der Waals surface area contributed by atoms with Gasteiger partial charge in [0.2, 0.25) is 0 Å². The Labute approximate surface area is 96.5 Å². The van der Waals surface area contributed by atoms with Gasteiger partial charge in [0.1, 0.15) is 0 Å². The van der Waals surface area contributed by atoms with Crippen LogP contribution in [0.15, 0.2) is 24.3 Å². The Kier molecular flexibility index (Phi) is 4.50. The first-order chi connectivity index (χ1) is 7.54. The third kappa shape index (κ3) is 3.35. The highest BCUT2D eigenvalue weighted by Crippen LogP contribution is 2.13. The van der Waals surface area contributed by atoms with Crippen LogP contribution in [0.3, 0.4) is 0 Å². The number of hydrogen-bond donors (Lipinski definition) is 2. The van der Waals surface area contributed by atoms with Crippen molar-refractivity contribution in [2.75, 3.05) is 0 Å². The number of aliphatic hydroxyl groups is 1. The van der Waals surface area contributed by atoms with Crippen molar-refractivity contribution >= 4 is 5.91 Å². The smallest absolute Gasteiger partial charge is 0.253 e. The minimum absolute atomic E-state index is 0.0904. The summed E-state index contributed by atoms with van der Waals surface area (Å²) in [6, 6.07) is 7.41. The van der Waals surface area contributed by atoms with Crippen LogP contribution < -0.4 is 5.32 Å². The summed E-state index contributed by atoms with van der Waals surface area (Å²) in [5.74, 6) is -0.335. The van der Waals surface area contributed by atoms with Crippen molar-refractivity contribution in [2.45, 2.75) is 39.3 Å². The zero-order valence-corrected chi connectivity index (χ0v) is 10.0. The molecule has 0 aliphatic heterocycles. The lowest BCUT2D eigenvalue weighted by Gasteiger charge is -2.15. The lowest BCUT2D eigenvalue weighted by Crippen LogP contribution is -2.35. The van der Waals surface area contributed by atoms with Crippen molar-refractivity contribution < 1.29 is 9.90 Å². The molecule has 0 fully saturated rings. The van der Waals surface area contributed by atoms with Gasteiger partial charge in [-0.1, -0.05) is 36.8 Å². The second-order valence-corrected chi connectivity index (χ2v) is 4.13. The number of carbonyl (C=O) groups excluding carboxylic acids is 1. The molecule has 0 aliphatic carbocycles. The fourth-order valence-corrected chi connectivity index (χ4v) is 1.32. The summed E-state index contributed by atoms with van der Waals surface area (Å²) in [6.45, 7) is 5.87. The number of aliphatic hydroxyl groups excluding tert-OH is 1. The summed E-state index contributed by atoms with van der Waals surface area (Å²) >= 11 is 0. The minimum Gasteiger partial charge on any atom is -0.378 e. The normalized spacial score (nSPS) is 14.2. The molecular formula is C13H19NO2. The molecule has 1 amide bonds. The average molecular weight is 221 g/mol. The van der Waals surface area contributed by atoms with Gasteiger partial charge in [-0.05, 0) is 25.8 Å².